The summed E-state index contributed by atoms with van der Waals surface area (Å²) in [6, 6.07) is 37.3. The third kappa shape index (κ3) is 8.91. The molecule has 0 N–H and O–H groups in total. The van der Waals surface area contributed by atoms with Crippen LogP contribution in [0.2, 0.25) is 0 Å². The van der Waals surface area contributed by atoms with Crippen LogP contribution in [0, 0.1) is 22.2 Å². The van der Waals surface area contributed by atoms with Crippen LogP contribution in [0.25, 0.3) is 0 Å². The molecule has 3 unspecified atom stereocenters. The van der Waals surface area contributed by atoms with Gasteiger partial charge in [-0.05, 0) is 129 Å². The van der Waals surface area contributed by atoms with Crippen LogP contribution in [0.1, 0.15) is 144 Å². The van der Waals surface area contributed by atoms with Gasteiger partial charge in [0.2, 0.25) is 0 Å². The molecule has 0 heteroatoms. The minimum atomic E-state index is 0.185. The van der Waals surface area contributed by atoms with E-state index in [2.05, 4.69) is 166 Å². The number of fused-ring (bicyclic) bond motifs is 2. The Bertz CT molecular complexity index is 1610. The predicted octanol–water partition coefficient (Wildman–Crippen LogP) is 13.3. The molecule has 0 fully saturated rings. The van der Waals surface area contributed by atoms with Crippen molar-refractivity contribution in [2.75, 3.05) is 0 Å². The van der Waals surface area contributed by atoms with Crippen molar-refractivity contribution >= 4 is 0 Å². The molecule has 4 aromatic rings. The molecule has 48 heavy (non-hydrogen) atoms. The molecule has 0 saturated carbocycles. The predicted molar refractivity (Wildman–Crippen MR) is 209 cm³/mol. The molecule has 4 aromatic carbocycles. The highest BCUT2D eigenvalue weighted by molar-refractivity contribution is 5.41. The van der Waals surface area contributed by atoms with Gasteiger partial charge < -0.3 is 0 Å². The average Bonchev–Trinajstić information content (AvgIpc) is 3.03. The minimum Gasteiger partial charge on any atom is -0.0622 e. The quantitative estimate of drug-likeness (QED) is 0.153. The van der Waals surface area contributed by atoms with Gasteiger partial charge in [-0.15, -0.1) is 0 Å². The van der Waals surface area contributed by atoms with Crippen molar-refractivity contribution in [2.45, 2.75) is 132 Å². The molecule has 0 bridgehead atoms. The summed E-state index contributed by atoms with van der Waals surface area (Å²) < 4.78 is 0. The lowest BCUT2D eigenvalue weighted by Crippen LogP contribution is -2.29. The molecule has 0 aliphatic heterocycles. The van der Waals surface area contributed by atoms with Gasteiger partial charge in [0.05, 0.1) is 0 Å². The summed E-state index contributed by atoms with van der Waals surface area (Å²) in [6.45, 7) is 24.5. The van der Waals surface area contributed by atoms with Crippen LogP contribution in [0.4, 0.5) is 0 Å². The fourth-order valence-electron chi connectivity index (χ4n) is 8.61. The molecule has 1 aliphatic rings. The Morgan fingerprint density at radius 2 is 1.02 bits per heavy atom. The maximum absolute atomic E-state index is 2.61. The van der Waals surface area contributed by atoms with Crippen LogP contribution in [0.5, 0.6) is 0 Å². The van der Waals surface area contributed by atoms with Gasteiger partial charge in [-0.3, -0.25) is 0 Å². The van der Waals surface area contributed by atoms with Crippen LogP contribution < -0.4 is 0 Å². The van der Waals surface area contributed by atoms with Gasteiger partial charge in [-0.1, -0.05) is 166 Å². The Morgan fingerprint density at radius 1 is 0.521 bits per heavy atom. The number of benzene rings is 4. The van der Waals surface area contributed by atoms with Gasteiger partial charge >= 0.3 is 0 Å². The van der Waals surface area contributed by atoms with E-state index in [9.17, 15) is 0 Å². The van der Waals surface area contributed by atoms with Gasteiger partial charge in [0, 0.05) is 0 Å². The topological polar surface area (TPSA) is 0 Å². The van der Waals surface area contributed by atoms with E-state index in [1.807, 2.05) is 0 Å². The van der Waals surface area contributed by atoms with E-state index in [4.69, 9.17) is 0 Å². The first-order valence-electron chi connectivity index (χ1n) is 19.0. The van der Waals surface area contributed by atoms with Crippen LogP contribution in [0.3, 0.4) is 0 Å². The second kappa shape index (κ2) is 14.8. The molecular formula is C48H64. The lowest BCUT2D eigenvalue weighted by atomic mass is 9.64. The molecule has 1 aliphatic carbocycles. The molecule has 0 nitrogen and oxygen atoms in total. The number of hydrogen-bond donors (Lipinski definition) is 0. The zero-order chi connectivity index (χ0) is 34.7. The van der Waals surface area contributed by atoms with Crippen molar-refractivity contribution in [1.82, 2.24) is 0 Å². The third-order valence-corrected chi connectivity index (χ3v) is 12.0. The molecule has 0 saturated heterocycles. The van der Waals surface area contributed by atoms with E-state index in [1.165, 1.54) is 29.5 Å². The Balaban J connectivity index is 1.34. The summed E-state index contributed by atoms with van der Waals surface area (Å²) in [7, 11) is 0. The van der Waals surface area contributed by atoms with Crippen LogP contribution in [0.15, 0.2) is 97.1 Å². The second-order valence-corrected chi connectivity index (χ2v) is 18.2. The zero-order valence-electron chi connectivity index (χ0n) is 32.0. The van der Waals surface area contributed by atoms with Gasteiger partial charge in [0.15, 0.2) is 0 Å². The van der Waals surface area contributed by atoms with E-state index in [0.29, 0.717) is 23.7 Å². The fourth-order valence-corrected chi connectivity index (χ4v) is 8.61. The first-order valence-corrected chi connectivity index (χ1v) is 19.0. The van der Waals surface area contributed by atoms with Crippen LogP contribution >= 0.6 is 0 Å². The summed E-state index contributed by atoms with van der Waals surface area (Å²) in [5.41, 5.74) is 12.9. The fraction of sp³-hybridized carbons (Fsp3) is 0.500. The Morgan fingerprint density at radius 3 is 1.56 bits per heavy atom. The van der Waals surface area contributed by atoms with Crippen LogP contribution in [-0.4, -0.2) is 0 Å². The molecule has 0 amide bonds. The number of rotatable bonds is 11. The molecular weight excluding hydrogens is 577 g/mol. The molecule has 5 rings (SSSR count). The zero-order valence-corrected chi connectivity index (χ0v) is 32.0. The molecule has 0 heterocycles. The van der Waals surface area contributed by atoms with Gasteiger partial charge in [-0.2, -0.15) is 0 Å². The summed E-state index contributed by atoms with van der Waals surface area (Å²) in [5, 5.41) is 0. The highest BCUT2D eigenvalue weighted by Gasteiger charge is 2.36. The van der Waals surface area contributed by atoms with Gasteiger partial charge in [-0.25, -0.2) is 0 Å². The van der Waals surface area contributed by atoms with Crippen LogP contribution in [-0.2, 0) is 32.1 Å². The highest BCUT2D eigenvalue weighted by atomic mass is 14.4. The number of aryl methyl sites for hydroxylation is 4. The molecule has 3 atom stereocenters. The smallest absolute Gasteiger partial charge is 0.0108 e. The Labute approximate surface area is 294 Å². The van der Waals surface area contributed by atoms with Crippen molar-refractivity contribution < 1.29 is 0 Å². The first-order chi connectivity index (χ1) is 22.6. The first kappa shape index (κ1) is 36.2. The van der Waals surface area contributed by atoms with Gasteiger partial charge in [0.1, 0.15) is 0 Å². The lowest BCUT2D eigenvalue weighted by molar-refractivity contribution is 0.188. The van der Waals surface area contributed by atoms with E-state index >= 15 is 0 Å². The largest absolute Gasteiger partial charge is 0.0622 e. The van der Waals surface area contributed by atoms with E-state index in [0.717, 1.165) is 32.1 Å². The SMILES string of the molecule is CC(C)C(CC(C)(C)Cc1ccccc1)c1ccc2c(c1)CCc1ccc(C(CC(C)(C)C(C)c3ccccc3)C(C)(C)C)cc1CC2. The molecule has 0 radical (unpaired) electrons. The van der Waals surface area contributed by atoms with Gasteiger partial charge in [0.25, 0.3) is 0 Å². The lowest BCUT2D eigenvalue weighted by Gasteiger charge is -2.41. The maximum atomic E-state index is 2.61. The Kier molecular flexibility index (Phi) is 11.1. The normalized spacial score (nSPS) is 16.0. The summed E-state index contributed by atoms with van der Waals surface area (Å²) >= 11 is 0. The standard InChI is InChI=1S/C48H64/c1-34(2)44(32-47(7,8)31-36-17-13-11-14-18-36)42-27-23-38-22-26-41-30-43(28-24-39(41)21-25-40(38)29-42)45(46(4,5)6)33-48(9,10)35(3)37-19-15-12-16-20-37/h11-20,23-24,27-30,34-35,44-45H,21-22,25-26,31-33H2,1-10H3. The highest BCUT2D eigenvalue weighted by Crippen LogP contribution is 2.49. The summed E-state index contributed by atoms with van der Waals surface area (Å²) in [5.74, 6) is 2.18. The van der Waals surface area contributed by atoms with E-state index in [1.54, 1.807) is 27.8 Å². The molecule has 0 spiro atoms. The Hall–Kier alpha value is -3.12. The summed E-state index contributed by atoms with van der Waals surface area (Å²) in [6.07, 6.45) is 8.05. The monoisotopic (exact) mass is 641 g/mol. The van der Waals surface area contributed by atoms with E-state index < -0.39 is 0 Å². The number of hydrogen-bond acceptors (Lipinski definition) is 0. The third-order valence-electron chi connectivity index (χ3n) is 12.0. The van der Waals surface area contributed by atoms with Crippen molar-refractivity contribution in [3.63, 3.8) is 0 Å². The summed E-state index contributed by atoms with van der Waals surface area (Å²) in [4.78, 5) is 0. The van der Waals surface area contributed by atoms with E-state index in [-0.39, 0.29) is 16.2 Å². The second-order valence-electron chi connectivity index (χ2n) is 18.2. The average molecular weight is 641 g/mol. The van der Waals surface area contributed by atoms with Crippen molar-refractivity contribution in [3.8, 4) is 0 Å². The van der Waals surface area contributed by atoms with Crippen molar-refractivity contribution in [2.24, 2.45) is 22.2 Å². The minimum absolute atomic E-state index is 0.185. The molecule has 256 valence electrons. The molecule has 0 aromatic heterocycles. The van der Waals surface area contributed by atoms with Crippen molar-refractivity contribution in [3.05, 3.63) is 142 Å². The van der Waals surface area contributed by atoms with Crippen molar-refractivity contribution in [1.29, 1.82) is 0 Å². The maximum Gasteiger partial charge on any atom is -0.0108 e.